The van der Waals surface area contributed by atoms with E-state index in [1.54, 1.807) is 0 Å². The molecule has 1 aliphatic heterocycles. The van der Waals surface area contributed by atoms with E-state index in [0.717, 1.165) is 15.6 Å². The summed E-state index contributed by atoms with van der Waals surface area (Å²) in [5, 5.41) is 11.1. The zero-order chi connectivity index (χ0) is 10.8. The molecule has 4 nitrogen and oxygen atoms in total. The lowest BCUT2D eigenvalue weighted by atomic mass is 9.99. The van der Waals surface area contributed by atoms with E-state index in [4.69, 9.17) is 9.84 Å². The molecule has 2 N–H and O–H groups in total. The number of hydrogen-bond donors (Lipinski definition) is 2. The number of amides is 1. The normalized spacial score (nSPS) is 19.4. The van der Waals surface area contributed by atoms with Gasteiger partial charge in [-0.3, -0.25) is 0 Å². The van der Waals surface area contributed by atoms with Crippen LogP contribution in [0.2, 0.25) is 0 Å². The van der Waals surface area contributed by atoms with Crippen LogP contribution in [0, 0.1) is 0 Å². The van der Waals surface area contributed by atoms with Crippen LogP contribution in [-0.4, -0.2) is 17.8 Å². The summed E-state index contributed by atoms with van der Waals surface area (Å²) in [5.74, 6) is 0. The van der Waals surface area contributed by atoms with Crippen molar-refractivity contribution >= 4 is 22.0 Å². The van der Waals surface area contributed by atoms with Crippen LogP contribution in [0.1, 0.15) is 17.2 Å². The Morgan fingerprint density at radius 1 is 1.60 bits per heavy atom. The highest BCUT2D eigenvalue weighted by Gasteiger charge is 2.21. The summed E-state index contributed by atoms with van der Waals surface area (Å²) in [5.41, 5.74) is 2.02. The first kappa shape index (κ1) is 10.4. The average molecular weight is 272 g/mol. The molecule has 1 aromatic rings. The number of carboxylic acid groups (broad SMARTS) is 1. The van der Waals surface area contributed by atoms with Crippen LogP contribution < -0.4 is 5.32 Å². The van der Waals surface area contributed by atoms with Gasteiger partial charge >= 0.3 is 6.09 Å². The summed E-state index contributed by atoms with van der Waals surface area (Å²) in [6, 6.07) is 5.51. The quantitative estimate of drug-likeness (QED) is 0.824. The summed E-state index contributed by atoms with van der Waals surface area (Å²) >= 11 is 3.37. The van der Waals surface area contributed by atoms with Gasteiger partial charge in [0, 0.05) is 4.47 Å². The Labute approximate surface area is 95.4 Å². The Hall–Kier alpha value is -1.07. The molecule has 1 amide bonds. The van der Waals surface area contributed by atoms with E-state index < -0.39 is 6.09 Å². The second-order valence-electron chi connectivity index (χ2n) is 3.36. The number of halogens is 1. The third-order valence-corrected chi connectivity index (χ3v) is 2.81. The van der Waals surface area contributed by atoms with Gasteiger partial charge < -0.3 is 15.2 Å². The lowest BCUT2D eigenvalue weighted by Crippen LogP contribution is -2.33. The van der Waals surface area contributed by atoms with E-state index in [1.807, 2.05) is 18.2 Å². The first-order valence-corrected chi connectivity index (χ1v) is 5.31. The van der Waals surface area contributed by atoms with Crippen molar-refractivity contribution in [3.8, 4) is 0 Å². The third-order valence-electron chi connectivity index (χ3n) is 2.32. The molecule has 0 radical (unpaired) electrons. The molecule has 1 atom stereocenters. The monoisotopic (exact) mass is 271 g/mol. The maximum absolute atomic E-state index is 10.6. The summed E-state index contributed by atoms with van der Waals surface area (Å²) in [6.45, 7) is 0.924. The first-order chi connectivity index (χ1) is 7.16. The Bertz CT molecular complexity index is 394. The number of carbonyl (C=O) groups is 1. The van der Waals surface area contributed by atoms with E-state index in [9.17, 15) is 4.79 Å². The number of nitrogens with one attached hydrogen (secondary N) is 1. The SMILES string of the molecule is O=C(O)NC1COCc2cc(Br)ccc21. The number of rotatable bonds is 1. The third kappa shape index (κ3) is 2.30. The number of hydrogen-bond acceptors (Lipinski definition) is 2. The topological polar surface area (TPSA) is 58.6 Å². The minimum absolute atomic E-state index is 0.264. The molecule has 5 heteroatoms. The molecular formula is C10H10BrNO3. The smallest absolute Gasteiger partial charge is 0.405 e. The van der Waals surface area contributed by atoms with Crippen LogP contribution in [0.25, 0.3) is 0 Å². The van der Waals surface area contributed by atoms with Crippen molar-refractivity contribution in [2.75, 3.05) is 6.61 Å². The summed E-state index contributed by atoms with van der Waals surface area (Å²) in [4.78, 5) is 10.6. The lowest BCUT2D eigenvalue weighted by Gasteiger charge is -2.25. The Kier molecular flexibility index (Phi) is 2.93. The van der Waals surface area contributed by atoms with Gasteiger partial charge in [0.1, 0.15) is 0 Å². The fraction of sp³-hybridized carbons (Fsp3) is 0.300. The summed E-state index contributed by atoms with van der Waals surface area (Å²) in [6.07, 6.45) is -1.03. The van der Waals surface area contributed by atoms with Crippen molar-refractivity contribution in [2.24, 2.45) is 0 Å². The van der Waals surface area contributed by atoms with E-state index in [-0.39, 0.29) is 6.04 Å². The van der Waals surface area contributed by atoms with Crippen molar-refractivity contribution < 1.29 is 14.6 Å². The minimum Gasteiger partial charge on any atom is -0.465 e. The Morgan fingerprint density at radius 3 is 3.13 bits per heavy atom. The summed E-state index contributed by atoms with van der Waals surface area (Å²) in [7, 11) is 0. The Balaban J connectivity index is 2.30. The second-order valence-corrected chi connectivity index (χ2v) is 4.28. The standard InChI is InChI=1S/C10H10BrNO3/c11-7-1-2-8-6(3-7)4-15-5-9(8)12-10(13)14/h1-3,9,12H,4-5H2,(H,13,14). The van der Waals surface area contributed by atoms with E-state index in [1.165, 1.54) is 0 Å². The molecule has 0 bridgehead atoms. The van der Waals surface area contributed by atoms with Crippen molar-refractivity contribution in [2.45, 2.75) is 12.6 Å². The van der Waals surface area contributed by atoms with Crippen molar-refractivity contribution in [3.05, 3.63) is 33.8 Å². The molecule has 0 spiro atoms. The van der Waals surface area contributed by atoms with Gasteiger partial charge in [-0.15, -0.1) is 0 Å². The van der Waals surface area contributed by atoms with E-state index >= 15 is 0 Å². The lowest BCUT2D eigenvalue weighted by molar-refractivity contribution is 0.0808. The predicted octanol–water partition coefficient (Wildman–Crippen LogP) is 2.29. The molecule has 15 heavy (non-hydrogen) atoms. The zero-order valence-corrected chi connectivity index (χ0v) is 9.45. The maximum Gasteiger partial charge on any atom is 0.405 e. The highest BCUT2D eigenvalue weighted by Crippen LogP contribution is 2.27. The van der Waals surface area contributed by atoms with Gasteiger partial charge in [-0.1, -0.05) is 22.0 Å². The molecule has 0 aliphatic carbocycles. The molecule has 0 fully saturated rings. The molecule has 0 aromatic heterocycles. The van der Waals surface area contributed by atoms with Gasteiger partial charge in [-0.05, 0) is 23.3 Å². The molecular weight excluding hydrogens is 262 g/mol. The van der Waals surface area contributed by atoms with Gasteiger partial charge in [-0.25, -0.2) is 4.79 Å². The summed E-state index contributed by atoms with van der Waals surface area (Å²) < 4.78 is 6.29. The van der Waals surface area contributed by atoms with Gasteiger partial charge in [0.25, 0.3) is 0 Å². The van der Waals surface area contributed by atoms with Crippen LogP contribution in [0.5, 0.6) is 0 Å². The molecule has 1 heterocycles. The molecule has 1 aromatic carbocycles. The molecule has 0 saturated heterocycles. The zero-order valence-electron chi connectivity index (χ0n) is 7.87. The van der Waals surface area contributed by atoms with Crippen LogP contribution in [-0.2, 0) is 11.3 Å². The molecule has 2 rings (SSSR count). The molecule has 1 unspecified atom stereocenters. The maximum atomic E-state index is 10.6. The van der Waals surface area contributed by atoms with Gasteiger partial charge in [0.05, 0.1) is 19.3 Å². The molecule has 1 aliphatic rings. The van der Waals surface area contributed by atoms with Gasteiger partial charge in [0.15, 0.2) is 0 Å². The average Bonchev–Trinajstić information content (AvgIpc) is 2.16. The number of ether oxygens (including phenoxy) is 1. The molecule has 0 saturated carbocycles. The van der Waals surface area contributed by atoms with Gasteiger partial charge in [-0.2, -0.15) is 0 Å². The highest BCUT2D eigenvalue weighted by atomic mass is 79.9. The van der Waals surface area contributed by atoms with Crippen LogP contribution in [0.3, 0.4) is 0 Å². The van der Waals surface area contributed by atoms with E-state index in [0.29, 0.717) is 13.2 Å². The van der Waals surface area contributed by atoms with Gasteiger partial charge in [0.2, 0.25) is 0 Å². The number of fused-ring (bicyclic) bond motifs is 1. The first-order valence-electron chi connectivity index (χ1n) is 4.52. The fourth-order valence-electron chi connectivity index (χ4n) is 1.68. The van der Waals surface area contributed by atoms with Crippen LogP contribution >= 0.6 is 15.9 Å². The predicted molar refractivity (Wildman–Crippen MR) is 57.7 cm³/mol. The van der Waals surface area contributed by atoms with Crippen LogP contribution in [0.15, 0.2) is 22.7 Å². The fourth-order valence-corrected chi connectivity index (χ4v) is 2.09. The van der Waals surface area contributed by atoms with Crippen molar-refractivity contribution in [3.63, 3.8) is 0 Å². The Morgan fingerprint density at radius 2 is 2.40 bits per heavy atom. The number of benzene rings is 1. The van der Waals surface area contributed by atoms with Crippen molar-refractivity contribution in [1.29, 1.82) is 0 Å². The van der Waals surface area contributed by atoms with E-state index in [2.05, 4.69) is 21.2 Å². The van der Waals surface area contributed by atoms with Crippen LogP contribution in [0.4, 0.5) is 4.79 Å². The molecule has 80 valence electrons. The minimum atomic E-state index is -1.03. The second kappa shape index (κ2) is 4.20. The van der Waals surface area contributed by atoms with Crippen molar-refractivity contribution in [1.82, 2.24) is 5.32 Å². The highest BCUT2D eigenvalue weighted by molar-refractivity contribution is 9.10. The largest absolute Gasteiger partial charge is 0.465 e.